The van der Waals surface area contributed by atoms with E-state index in [9.17, 15) is 14.4 Å². The number of nitrogens with two attached hydrogens (primary N) is 1. The number of rotatable bonds is 9. The molecule has 1 saturated carbocycles. The SMILES string of the molecule is C1CC1.CNc1cc(N2CCc3c(-c4ccc(CN5CC6(CN(Cc7ccc(Cl)c(C8CCC(=O)NC8=O)c7)CC6(F)F)C5)cn4)cccc32)nn2c(C(N)=O)cnc12. The van der Waals surface area contributed by atoms with Gasteiger partial charge in [-0.05, 0) is 53.3 Å². The summed E-state index contributed by atoms with van der Waals surface area (Å²) in [5.74, 6) is -4.06. The van der Waals surface area contributed by atoms with Gasteiger partial charge < -0.3 is 16.0 Å². The molecule has 59 heavy (non-hydrogen) atoms. The summed E-state index contributed by atoms with van der Waals surface area (Å²) in [6.07, 6.45) is 9.10. The second-order valence-corrected chi connectivity index (χ2v) is 16.8. The first-order valence-corrected chi connectivity index (χ1v) is 20.5. The highest BCUT2D eigenvalue weighted by Crippen LogP contribution is 2.51. The summed E-state index contributed by atoms with van der Waals surface area (Å²) < 4.78 is 32.7. The van der Waals surface area contributed by atoms with E-state index in [0.29, 0.717) is 53.8 Å². The Morgan fingerprint density at radius 3 is 2.39 bits per heavy atom. The van der Waals surface area contributed by atoms with Gasteiger partial charge in [0.05, 0.1) is 35.5 Å². The number of anilines is 3. The Labute approximate surface area is 344 Å². The third-order valence-corrected chi connectivity index (χ3v) is 12.3. The van der Waals surface area contributed by atoms with Crippen LogP contribution in [0.4, 0.5) is 26.0 Å². The van der Waals surface area contributed by atoms with Crippen molar-refractivity contribution in [3.63, 3.8) is 0 Å². The van der Waals surface area contributed by atoms with E-state index in [1.165, 1.54) is 30.0 Å². The topological polar surface area (TPSA) is 154 Å². The van der Waals surface area contributed by atoms with Crippen molar-refractivity contribution in [2.24, 2.45) is 11.1 Å². The van der Waals surface area contributed by atoms with Crippen molar-refractivity contribution in [1.82, 2.24) is 34.7 Å². The van der Waals surface area contributed by atoms with E-state index in [1.54, 1.807) is 18.0 Å². The molecule has 1 unspecified atom stereocenters. The molecule has 1 aliphatic carbocycles. The highest BCUT2D eigenvalue weighted by Gasteiger charge is 2.65. The molecule has 3 aromatic heterocycles. The quantitative estimate of drug-likeness (QED) is 0.153. The number of benzene rings is 2. The maximum absolute atomic E-state index is 15.6. The van der Waals surface area contributed by atoms with Gasteiger partial charge in [-0.15, -0.1) is 5.10 Å². The number of carbonyl (C=O) groups excluding carboxylic acids is 3. The molecule has 10 rings (SSSR count). The highest BCUT2D eigenvalue weighted by molar-refractivity contribution is 6.31. The Hall–Kier alpha value is -5.51. The molecule has 306 valence electrons. The van der Waals surface area contributed by atoms with Crippen molar-refractivity contribution in [1.29, 1.82) is 0 Å². The van der Waals surface area contributed by atoms with Gasteiger partial charge in [-0.3, -0.25) is 34.5 Å². The molecule has 4 N–H and O–H groups in total. The predicted molar refractivity (Wildman–Crippen MR) is 220 cm³/mol. The number of imide groups is 1. The number of pyridine rings is 1. The Kier molecular flexibility index (Phi) is 10.1. The first-order chi connectivity index (χ1) is 28.4. The molecular weight excluding hydrogens is 778 g/mol. The number of primary amides is 1. The Balaban J connectivity index is 0.00000143. The zero-order valence-corrected chi connectivity index (χ0v) is 33.4. The van der Waals surface area contributed by atoms with E-state index >= 15 is 8.78 Å². The summed E-state index contributed by atoms with van der Waals surface area (Å²) in [5, 5.41) is 10.7. The molecular formula is C43H45ClF2N10O3. The largest absolute Gasteiger partial charge is 0.385 e. The van der Waals surface area contributed by atoms with Crippen molar-refractivity contribution in [3.8, 4) is 11.3 Å². The zero-order valence-electron chi connectivity index (χ0n) is 32.7. The lowest BCUT2D eigenvalue weighted by Gasteiger charge is -2.50. The monoisotopic (exact) mass is 822 g/mol. The van der Waals surface area contributed by atoms with Crippen molar-refractivity contribution >= 4 is 52.2 Å². The maximum atomic E-state index is 15.6. The lowest BCUT2D eigenvalue weighted by molar-refractivity contribution is -0.159. The van der Waals surface area contributed by atoms with Crippen molar-refractivity contribution in [3.05, 3.63) is 100.0 Å². The lowest BCUT2D eigenvalue weighted by atomic mass is 9.76. The fourth-order valence-corrected chi connectivity index (χ4v) is 9.16. The summed E-state index contributed by atoms with van der Waals surface area (Å²) in [6, 6.07) is 17.3. The molecule has 7 heterocycles. The number of carbonyl (C=O) groups is 3. The Bertz CT molecular complexity index is 2470. The van der Waals surface area contributed by atoms with Crippen LogP contribution in [-0.4, -0.2) is 92.8 Å². The molecule has 3 amide bonds. The van der Waals surface area contributed by atoms with Crippen LogP contribution in [0.15, 0.2) is 67.0 Å². The van der Waals surface area contributed by atoms with E-state index in [-0.39, 0.29) is 50.1 Å². The van der Waals surface area contributed by atoms with Crippen LogP contribution in [0.25, 0.3) is 16.9 Å². The molecule has 2 aromatic carbocycles. The first-order valence-electron chi connectivity index (χ1n) is 20.1. The van der Waals surface area contributed by atoms with E-state index < -0.39 is 23.2 Å². The average Bonchev–Trinajstić information content (AvgIpc) is 3.84. The normalized spacial score (nSPS) is 20.5. The van der Waals surface area contributed by atoms with Gasteiger partial charge in [-0.25, -0.2) is 18.3 Å². The number of likely N-dealkylation sites (tertiary alicyclic amines) is 2. The van der Waals surface area contributed by atoms with Gasteiger partial charge >= 0.3 is 0 Å². The molecule has 16 heteroatoms. The third-order valence-electron chi connectivity index (χ3n) is 12.0. The summed E-state index contributed by atoms with van der Waals surface area (Å²) in [4.78, 5) is 51.3. The summed E-state index contributed by atoms with van der Waals surface area (Å²) >= 11 is 6.45. The lowest BCUT2D eigenvalue weighted by Crippen LogP contribution is -2.63. The predicted octanol–water partition coefficient (Wildman–Crippen LogP) is 5.92. The zero-order chi connectivity index (χ0) is 41.1. The molecule has 3 saturated heterocycles. The first kappa shape index (κ1) is 39.0. The van der Waals surface area contributed by atoms with Gasteiger partial charge in [0.2, 0.25) is 11.8 Å². The number of amides is 3. The number of alkyl halides is 2. The Morgan fingerprint density at radius 2 is 1.69 bits per heavy atom. The molecule has 0 bridgehead atoms. The van der Waals surface area contributed by atoms with Crippen molar-refractivity contribution in [2.75, 3.05) is 50.0 Å². The number of halogens is 3. The minimum absolute atomic E-state index is 0.195. The summed E-state index contributed by atoms with van der Waals surface area (Å²) in [5.41, 5.74) is 12.2. The molecule has 1 atom stereocenters. The van der Waals surface area contributed by atoms with Gasteiger partial charge in [0.15, 0.2) is 11.5 Å². The number of nitrogens with one attached hydrogen (secondary N) is 2. The van der Waals surface area contributed by atoms with Crippen LogP contribution in [0.2, 0.25) is 5.02 Å². The second kappa shape index (κ2) is 15.3. The molecule has 4 fully saturated rings. The van der Waals surface area contributed by atoms with Crippen LogP contribution in [0.3, 0.4) is 0 Å². The number of nitrogens with zero attached hydrogens (tertiary/aromatic N) is 7. The van der Waals surface area contributed by atoms with E-state index in [0.717, 1.165) is 40.1 Å². The standard InChI is InChI=1S/C40H39ClF2N10O3.C3H6/c1-45-31-14-34(49-53-33(36(44)55)16-47-37(31)53)52-12-11-26-25(3-2-4-32(26)52)30-9-6-24(15-46-30)18-50-19-39(20-50)21-51(22-40(39,42)43)17-23-5-8-29(41)28(13-23)27-7-10-35(54)48-38(27)56;1-2-3-1/h2-6,8-9,13-16,27,45H,7,10-12,17-22H2,1H3,(H2,44,55)(H,48,54,56);1-3H2. The molecule has 1 spiro atoms. The van der Waals surface area contributed by atoms with Crippen LogP contribution < -0.4 is 21.3 Å². The number of hydrogen-bond acceptors (Lipinski definition) is 10. The summed E-state index contributed by atoms with van der Waals surface area (Å²) in [7, 11) is 1.79. The Morgan fingerprint density at radius 1 is 0.949 bits per heavy atom. The molecule has 5 aliphatic rings. The van der Waals surface area contributed by atoms with E-state index in [1.807, 2.05) is 59.6 Å². The van der Waals surface area contributed by atoms with Gasteiger partial charge in [0.25, 0.3) is 11.8 Å². The van der Waals surface area contributed by atoms with Crippen molar-refractivity contribution < 1.29 is 23.2 Å². The van der Waals surface area contributed by atoms with Crippen LogP contribution >= 0.6 is 11.6 Å². The number of hydrogen-bond donors (Lipinski definition) is 3. The average molecular weight is 823 g/mol. The molecule has 13 nitrogen and oxygen atoms in total. The molecule has 5 aromatic rings. The minimum atomic E-state index is -2.86. The number of imidazole rings is 1. The summed E-state index contributed by atoms with van der Waals surface area (Å²) in [6.45, 7) is 1.97. The highest BCUT2D eigenvalue weighted by atomic mass is 35.5. The van der Waals surface area contributed by atoms with Crippen LogP contribution in [0, 0.1) is 5.41 Å². The number of fused-ring (bicyclic) bond motifs is 2. The number of piperidine rings is 1. The van der Waals surface area contributed by atoms with Crippen LogP contribution in [0.1, 0.15) is 70.8 Å². The van der Waals surface area contributed by atoms with Gasteiger partial charge in [0, 0.05) is 81.3 Å². The van der Waals surface area contributed by atoms with E-state index in [2.05, 4.69) is 20.5 Å². The third kappa shape index (κ3) is 7.40. The van der Waals surface area contributed by atoms with Crippen molar-refractivity contribution in [2.45, 2.75) is 63.5 Å². The smallest absolute Gasteiger partial charge is 0.269 e. The van der Waals surface area contributed by atoms with E-state index in [4.69, 9.17) is 27.4 Å². The van der Waals surface area contributed by atoms with Gasteiger partial charge in [-0.2, -0.15) is 0 Å². The molecule has 4 aliphatic heterocycles. The molecule has 0 radical (unpaired) electrons. The fourth-order valence-electron chi connectivity index (χ4n) is 8.91. The number of aromatic nitrogens is 4. The van der Waals surface area contributed by atoms with Gasteiger partial charge in [0.1, 0.15) is 5.69 Å². The van der Waals surface area contributed by atoms with Crippen LogP contribution in [0.5, 0.6) is 0 Å². The second-order valence-electron chi connectivity index (χ2n) is 16.4. The van der Waals surface area contributed by atoms with Crippen LogP contribution in [-0.2, 0) is 29.1 Å². The minimum Gasteiger partial charge on any atom is -0.385 e. The maximum Gasteiger partial charge on any atom is 0.269 e. The fraction of sp³-hybridized carbons (Fsp3) is 0.395. The van der Waals surface area contributed by atoms with Gasteiger partial charge in [-0.1, -0.05) is 61.2 Å².